The number of hydrogen-bond donors (Lipinski definition) is 1. The lowest BCUT2D eigenvalue weighted by atomic mass is 9.72. The van der Waals surface area contributed by atoms with Crippen LogP contribution >= 0.6 is 0 Å². The van der Waals surface area contributed by atoms with Crippen molar-refractivity contribution in [2.45, 2.75) is 25.7 Å². The second-order valence-corrected chi connectivity index (χ2v) is 6.99. The molecule has 1 aromatic rings. The molecule has 2 amide bonds. The third-order valence-corrected chi connectivity index (χ3v) is 5.40. The largest absolute Gasteiger partial charge is 0.358 e. The van der Waals surface area contributed by atoms with Crippen molar-refractivity contribution in [1.82, 2.24) is 20.1 Å². The van der Waals surface area contributed by atoms with Gasteiger partial charge in [0.2, 0.25) is 5.91 Å². The van der Waals surface area contributed by atoms with Crippen LogP contribution in [0, 0.1) is 5.41 Å². The molecule has 0 radical (unpaired) electrons. The van der Waals surface area contributed by atoms with Gasteiger partial charge in [0.1, 0.15) is 5.69 Å². The zero-order valence-electron chi connectivity index (χ0n) is 14.3. The average Bonchev–Trinajstić information content (AvgIpc) is 2.64. The summed E-state index contributed by atoms with van der Waals surface area (Å²) < 4.78 is 0. The van der Waals surface area contributed by atoms with Crippen LogP contribution in [0.2, 0.25) is 0 Å². The molecule has 1 aromatic heterocycles. The molecule has 2 aliphatic rings. The molecule has 1 N–H and O–H groups in total. The van der Waals surface area contributed by atoms with Gasteiger partial charge < -0.3 is 10.2 Å². The van der Waals surface area contributed by atoms with Gasteiger partial charge in [-0.15, -0.1) is 0 Å². The van der Waals surface area contributed by atoms with Gasteiger partial charge >= 0.3 is 0 Å². The maximum absolute atomic E-state index is 12.7. The number of amides is 2. The standard InChI is InChI=1S/C18H26N4O2/c1-19-16(23)13-21-11-7-18(8-12-21)6-4-10-22(14-18)17(24)15-5-2-3-9-20-15/h2-3,5,9H,4,6-8,10-14H2,1H3,(H,19,23). The molecule has 6 nitrogen and oxygen atoms in total. The summed E-state index contributed by atoms with van der Waals surface area (Å²) >= 11 is 0. The van der Waals surface area contributed by atoms with Gasteiger partial charge in [0, 0.05) is 26.3 Å². The van der Waals surface area contributed by atoms with E-state index in [1.807, 2.05) is 17.0 Å². The second kappa shape index (κ2) is 7.30. The first kappa shape index (κ1) is 16.9. The Kier molecular flexibility index (Phi) is 5.14. The zero-order chi connectivity index (χ0) is 17.0. The molecule has 2 aliphatic heterocycles. The van der Waals surface area contributed by atoms with E-state index in [4.69, 9.17) is 0 Å². The minimum atomic E-state index is 0.0439. The van der Waals surface area contributed by atoms with E-state index in [-0.39, 0.29) is 17.2 Å². The summed E-state index contributed by atoms with van der Waals surface area (Å²) in [5, 5.41) is 2.68. The molecular formula is C18H26N4O2. The molecule has 130 valence electrons. The van der Waals surface area contributed by atoms with E-state index in [1.165, 1.54) is 6.42 Å². The van der Waals surface area contributed by atoms with Crippen LogP contribution < -0.4 is 5.32 Å². The van der Waals surface area contributed by atoms with Gasteiger partial charge in [0.05, 0.1) is 6.54 Å². The van der Waals surface area contributed by atoms with Crippen molar-refractivity contribution in [3.05, 3.63) is 30.1 Å². The predicted octanol–water partition coefficient (Wildman–Crippen LogP) is 1.15. The van der Waals surface area contributed by atoms with Crippen LogP contribution in [0.25, 0.3) is 0 Å². The number of rotatable bonds is 3. The smallest absolute Gasteiger partial charge is 0.272 e. The molecule has 0 aliphatic carbocycles. The Morgan fingerprint density at radius 1 is 1.21 bits per heavy atom. The van der Waals surface area contributed by atoms with Crippen LogP contribution in [0.1, 0.15) is 36.2 Å². The lowest BCUT2D eigenvalue weighted by Gasteiger charge is -2.47. The minimum absolute atomic E-state index is 0.0439. The fourth-order valence-corrected chi connectivity index (χ4v) is 3.91. The van der Waals surface area contributed by atoms with Gasteiger partial charge in [-0.25, -0.2) is 0 Å². The number of carbonyl (C=O) groups is 2. The van der Waals surface area contributed by atoms with Crippen LogP contribution in [0.15, 0.2) is 24.4 Å². The van der Waals surface area contributed by atoms with Gasteiger partial charge in [-0.05, 0) is 56.3 Å². The van der Waals surface area contributed by atoms with Gasteiger partial charge in [-0.3, -0.25) is 19.5 Å². The Morgan fingerprint density at radius 3 is 2.67 bits per heavy atom. The summed E-state index contributed by atoms with van der Waals surface area (Å²) in [5.41, 5.74) is 0.744. The second-order valence-electron chi connectivity index (χ2n) is 6.99. The van der Waals surface area contributed by atoms with Crippen LogP contribution in [0.5, 0.6) is 0 Å². The summed E-state index contributed by atoms with van der Waals surface area (Å²) in [6.45, 7) is 3.97. The highest BCUT2D eigenvalue weighted by molar-refractivity contribution is 5.92. The molecule has 2 saturated heterocycles. The highest BCUT2D eigenvalue weighted by atomic mass is 16.2. The first-order chi connectivity index (χ1) is 11.6. The van der Waals surface area contributed by atoms with Crippen molar-refractivity contribution in [1.29, 1.82) is 0 Å². The lowest BCUT2D eigenvalue weighted by molar-refractivity contribution is -0.122. The highest BCUT2D eigenvalue weighted by Crippen LogP contribution is 2.40. The molecule has 1 spiro atoms. The first-order valence-corrected chi connectivity index (χ1v) is 8.75. The molecule has 0 atom stereocenters. The topological polar surface area (TPSA) is 65.5 Å². The molecule has 0 unspecified atom stereocenters. The summed E-state index contributed by atoms with van der Waals surface area (Å²) in [6.07, 6.45) is 6.00. The number of likely N-dealkylation sites (N-methyl/N-ethyl adjacent to an activating group) is 1. The number of hydrogen-bond acceptors (Lipinski definition) is 4. The van der Waals surface area contributed by atoms with Crippen molar-refractivity contribution in [2.75, 3.05) is 39.8 Å². The molecule has 2 fully saturated rings. The molecule has 24 heavy (non-hydrogen) atoms. The van der Waals surface area contributed by atoms with Crippen LogP contribution in [-0.4, -0.2) is 66.4 Å². The molecule has 3 heterocycles. The Hall–Kier alpha value is -1.95. The van der Waals surface area contributed by atoms with E-state index in [1.54, 1.807) is 19.3 Å². The molecule has 6 heteroatoms. The average molecular weight is 330 g/mol. The fourth-order valence-electron chi connectivity index (χ4n) is 3.91. The van der Waals surface area contributed by atoms with Crippen LogP contribution in [0.4, 0.5) is 0 Å². The quantitative estimate of drug-likeness (QED) is 0.903. The van der Waals surface area contributed by atoms with Gasteiger partial charge in [0.15, 0.2) is 0 Å². The fraction of sp³-hybridized carbons (Fsp3) is 0.611. The molecule has 3 rings (SSSR count). The van der Waals surface area contributed by atoms with Crippen LogP contribution in [0.3, 0.4) is 0 Å². The molecule has 0 bridgehead atoms. The van der Waals surface area contributed by atoms with Crippen molar-refractivity contribution >= 4 is 11.8 Å². The highest BCUT2D eigenvalue weighted by Gasteiger charge is 2.40. The molecule has 0 aromatic carbocycles. The molecule has 0 saturated carbocycles. The number of pyridine rings is 1. The van der Waals surface area contributed by atoms with Gasteiger partial charge in [-0.1, -0.05) is 6.07 Å². The Morgan fingerprint density at radius 2 is 2.00 bits per heavy atom. The Balaban J connectivity index is 1.60. The number of nitrogens with zero attached hydrogens (tertiary/aromatic N) is 3. The van der Waals surface area contributed by atoms with E-state index in [2.05, 4.69) is 15.2 Å². The maximum Gasteiger partial charge on any atom is 0.272 e. The summed E-state index contributed by atoms with van der Waals surface area (Å²) in [7, 11) is 1.68. The van der Waals surface area contributed by atoms with Crippen LogP contribution in [-0.2, 0) is 4.79 Å². The van der Waals surface area contributed by atoms with Gasteiger partial charge in [-0.2, -0.15) is 0 Å². The normalized spacial score (nSPS) is 20.8. The Bertz CT molecular complexity index is 582. The van der Waals surface area contributed by atoms with E-state index in [0.717, 1.165) is 45.4 Å². The Labute approximate surface area is 143 Å². The van der Waals surface area contributed by atoms with E-state index < -0.39 is 0 Å². The number of likely N-dealkylation sites (tertiary alicyclic amines) is 2. The molecular weight excluding hydrogens is 304 g/mol. The summed E-state index contributed by atoms with van der Waals surface area (Å²) in [4.78, 5) is 32.6. The van der Waals surface area contributed by atoms with E-state index >= 15 is 0 Å². The zero-order valence-corrected chi connectivity index (χ0v) is 14.3. The van der Waals surface area contributed by atoms with Crippen molar-refractivity contribution in [2.24, 2.45) is 5.41 Å². The third-order valence-electron chi connectivity index (χ3n) is 5.40. The van der Waals surface area contributed by atoms with Crippen molar-refractivity contribution in [3.63, 3.8) is 0 Å². The van der Waals surface area contributed by atoms with Crippen molar-refractivity contribution in [3.8, 4) is 0 Å². The van der Waals surface area contributed by atoms with E-state index in [9.17, 15) is 9.59 Å². The van der Waals surface area contributed by atoms with E-state index in [0.29, 0.717) is 12.2 Å². The SMILES string of the molecule is CNC(=O)CN1CCC2(CCCN(C(=O)c3ccccn3)C2)CC1. The lowest BCUT2D eigenvalue weighted by Crippen LogP contribution is -2.52. The summed E-state index contributed by atoms with van der Waals surface area (Å²) in [5.74, 6) is 0.115. The summed E-state index contributed by atoms with van der Waals surface area (Å²) in [6, 6.07) is 5.48. The number of nitrogens with one attached hydrogen (secondary N) is 1. The number of piperidine rings is 2. The minimum Gasteiger partial charge on any atom is -0.358 e. The monoisotopic (exact) mass is 330 g/mol. The van der Waals surface area contributed by atoms with Gasteiger partial charge in [0.25, 0.3) is 5.91 Å². The third kappa shape index (κ3) is 3.75. The number of aromatic nitrogens is 1. The maximum atomic E-state index is 12.7. The predicted molar refractivity (Wildman–Crippen MR) is 91.5 cm³/mol. The van der Waals surface area contributed by atoms with Crippen molar-refractivity contribution < 1.29 is 9.59 Å². The first-order valence-electron chi connectivity index (χ1n) is 8.75. The number of carbonyl (C=O) groups excluding carboxylic acids is 2.